The van der Waals surface area contributed by atoms with E-state index in [4.69, 9.17) is 16.6 Å². The second-order valence-corrected chi connectivity index (χ2v) is 3.79. The number of carbonyl (C=O) groups is 4. The first-order valence-electron chi connectivity index (χ1n) is 5.27. The molecule has 108 valence electrons. The Hall–Kier alpha value is -2.98. The molecule has 0 bridgehead atoms. The Kier molecular flexibility index (Phi) is 4.72. The van der Waals surface area contributed by atoms with E-state index in [-0.39, 0.29) is 5.69 Å². The molecule has 0 aliphatic heterocycles. The topological polar surface area (TPSA) is 174 Å². The zero-order valence-corrected chi connectivity index (χ0v) is 10.2. The first-order chi connectivity index (χ1) is 9.29. The van der Waals surface area contributed by atoms with Gasteiger partial charge in [0.05, 0.1) is 19.3 Å². The minimum Gasteiger partial charge on any atom is -0.476 e. The Morgan fingerprint density at radius 2 is 1.75 bits per heavy atom. The van der Waals surface area contributed by atoms with E-state index in [0.717, 1.165) is 15.8 Å². The number of carboxylic acid groups (broad SMARTS) is 1. The highest BCUT2D eigenvalue weighted by atomic mass is 16.4. The van der Waals surface area contributed by atoms with Crippen molar-refractivity contribution in [2.24, 2.45) is 11.5 Å². The molecule has 1 aromatic rings. The van der Waals surface area contributed by atoms with Gasteiger partial charge in [0, 0.05) is 0 Å². The average molecular weight is 284 g/mol. The fourth-order valence-corrected chi connectivity index (χ4v) is 1.32. The summed E-state index contributed by atoms with van der Waals surface area (Å²) in [5, 5.41) is 15.4. The van der Waals surface area contributed by atoms with Crippen molar-refractivity contribution in [1.82, 2.24) is 19.9 Å². The largest absolute Gasteiger partial charge is 0.476 e. The molecule has 11 nitrogen and oxygen atoms in total. The van der Waals surface area contributed by atoms with Gasteiger partial charge in [-0.1, -0.05) is 5.21 Å². The summed E-state index contributed by atoms with van der Waals surface area (Å²) in [4.78, 5) is 44.9. The summed E-state index contributed by atoms with van der Waals surface area (Å²) in [7, 11) is 0. The zero-order valence-electron chi connectivity index (χ0n) is 10.2. The van der Waals surface area contributed by atoms with Gasteiger partial charge in [0.2, 0.25) is 17.7 Å². The lowest BCUT2D eigenvalue weighted by atomic mass is 10.4. The summed E-state index contributed by atoms with van der Waals surface area (Å²) in [6, 6.07) is 0. The van der Waals surface area contributed by atoms with Crippen molar-refractivity contribution in [1.29, 1.82) is 0 Å². The second-order valence-electron chi connectivity index (χ2n) is 3.79. The fourth-order valence-electron chi connectivity index (χ4n) is 1.32. The van der Waals surface area contributed by atoms with Gasteiger partial charge < -0.3 is 21.5 Å². The summed E-state index contributed by atoms with van der Waals surface area (Å²) >= 11 is 0. The minimum atomic E-state index is -1.30. The van der Waals surface area contributed by atoms with Gasteiger partial charge in [-0.05, 0) is 0 Å². The molecule has 0 fully saturated rings. The average Bonchev–Trinajstić information content (AvgIpc) is 2.75. The van der Waals surface area contributed by atoms with E-state index in [1.807, 2.05) is 0 Å². The maximum Gasteiger partial charge on any atom is 0.358 e. The van der Waals surface area contributed by atoms with Crippen LogP contribution in [0.1, 0.15) is 10.5 Å². The van der Waals surface area contributed by atoms with E-state index in [1.54, 1.807) is 0 Å². The number of carboxylic acids is 1. The van der Waals surface area contributed by atoms with Crippen LogP contribution in [0.3, 0.4) is 0 Å². The number of aromatic nitrogens is 3. The third-order valence-corrected chi connectivity index (χ3v) is 2.10. The van der Waals surface area contributed by atoms with Crippen molar-refractivity contribution in [3.05, 3.63) is 11.9 Å². The molecule has 11 heteroatoms. The highest BCUT2D eigenvalue weighted by Crippen LogP contribution is 1.96. The predicted molar refractivity (Wildman–Crippen MR) is 62.0 cm³/mol. The quantitative estimate of drug-likeness (QED) is 0.471. The molecule has 0 atom stereocenters. The van der Waals surface area contributed by atoms with E-state index >= 15 is 0 Å². The summed E-state index contributed by atoms with van der Waals surface area (Å²) in [6.45, 7) is -1.37. The molecule has 20 heavy (non-hydrogen) atoms. The molecule has 0 radical (unpaired) electrons. The van der Waals surface area contributed by atoms with Crippen LogP contribution in [0.5, 0.6) is 0 Å². The standard InChI is InChI=1S/C9H12N6O5/c10-6(16)2-14(3-7(11)17)8(18)4-15-1-5(9(19)20)12-13-15/h1H,2-4H2,(H2,10,16)(H2,11,17)(H,19,20). The van der Waals surface area contributed by atoms with Gasteiger partial charge in [-0.3, -0.25) is 14.4 Å². The van der Waals surface area contributed by atoms with E-state index in [1.165, 1.54) is 0 Å². The van der Waals surface area contributed by atoms with Crippen LogP contribution in [-0.4, -0.2) is 61.8 Å². The number of primary amides is 2. The second kappa shape index (κ2) is 6.26. The van der Waals surface area contributed by atoms with Gasteiger partial charge in [-0.15, -0.1) is 5.10 Å². The molecular weight excluding hydrogens is 272 g/mol. The number of hydrogen-bond donors (Lipinski definition) is 3. The molecule has 0 spiro atoms. The van der Waals surface area contributed by atoms with Crippen LogP contribution in [0.25, 0.3) is 0 Å². The normalized spacial score (nSPS) is 10.0. The maximum atomic E-state index is 11.8. The Bertz CT molecular complexity index is 537. The van der Waals surface area contributed by atoms with E-state index < -0.39 is 43.3 Å². The van der Waals surface area contributed by atoms with E-state index in [9.17, 15) is 19.2 Å². The molecule has 3 amide bonds. The summed E-state index contributed by atoms with van der Waals surface area (Å²) in [5.74, 6) is -3.60. The number of amides is 3. The fraction of sp³-hybridized carbons (Fsp3) is 0.333. The summed E-state index contributed by atoms with van der Waals surface area (Å²) in [5.41, 5.74) is 9.55. The zero-order chi connectivity index (χ0) is 15.3. The van der Waals surface area contributed by atoms with Crippen LogP contribution >= 0.6 is 0 Å². The molecule has 0 aliphatic carbocycles. The number of rotatable bonds is 7. The molecule has 1 rings (SSSR count). The highest BCUT2D eigenvalue weighted by molar-refractivity contribution is 5.88. The summed E-state index contributed by atoms with van der Waals surface area (Å²) < 4.78 is 0.959. The van der Waals surface area contributed by atoms with E-state index in [0.29, 0.717) is 0 Å². The first kappa shape index (κ1) is 15.1. The van der Waals surface area contributed by atoms with Crippen molar-refractivity contribution in [3.63, 3.8) is 0 Å². The first-order valence-corrected chi connectivity index (χ1v) is 5.27. The Labute approximate surface area is 112 Å². The van der Waals surface area contributed by atoms with Crippen LogP contribution < -0.4 is 11.5 Å². The number of nitrogens with two attached hydrogens (primary N) is 2. The maximum absolute atomic E-state index is 11.8. The lowest BCUT2D eigenvalue weighted by Gasteiger charge is -2.19. The predicted octanol–water partition coefficient (Wildman–Crippen LogP) is -3.22. The van der Waals surface area contributed by atoms with Gasteiger partial charge in [-0.2, -0.15) is 0 Å². The van der Waals surface area contributed by atoms with Crippen molar-refractivity contribution in [2.45, 2.75) is 6.54 Å². The Morgan fingerprint density at radius 3 is 2.15 bits per heavy atom. The van der Waals surface area contributed by atoms with Gasteiger partial charge in [-0.25, -0.2) is 9.48 Å². The molecule has 1 aromatic heterocycles. The molecule has 5 N–H and O–H groups in total. The summed E-state index contributed by atoms with van der Waals surface area (Å²) in [6.07, 6.45) is 1.03. The van der Waals surface area contributed by atoms with Gasteiger partial charge in [0.25, 0.3) is 0 Å². The lowest BCUT2D eigenvalue weighted by Crippen LogP contribution is -2.44. The Morgan fingerprint density at radius 1 is 1.20 bits per heavy atom. The minimum absolute atomic E-state index is 0.339. The van der Waals surface area contributed by atoms with Crippen LogP contribution in [0.4, 0.5) is 0 Å². The van der Waals surface area contributed by atoms with Gasteiger partial charge >= 0.3 is 5.97 Å². The number of nitrogens with zero attached hydrogens (tertiary/aromatic N) is 4. The van der Waals surface area contributed by atoms with Crippen molar-refractivity contribution in [3.8, 4) is 0 Å². The monoisotopic (exact) mass is 284 g/mol. The third-order valence-electron chi connectivity index (χ3n) is 2.10. The smallest absolute Gasteiger partial charge is 0.358 e. The molecule has 0 aliphatic rings. The number of carbonyl (C=O) groups excluding carboxylic acids is 3. The van der Waals surface area contributed by atoms with Crippen LogP contribution in [0.15, 0.2) is 6.20 Å². The molecule has 0 unspecified atom stereocenters. The van der Waals surface area contributed by atoms with Crippen molar-refractivity contribution in [2.75, 3.05) is 13.1 Å². The van der Waals surface area contributed by atoms with Crippen LogP contribution in [-0.2, 0) is 20.9 Å². The number of aromatic carboxylic acids is 1. The molecule has 0 saturated heterocycles. The molecule has 0 aromatic carbocycles. The Balaban J connectivity index is 2.75. The van der Waals surface area contributed by atoms with Crippen LogP contribution in [0.2, 0.25) is 0 Å². The highest BCUT2D eigenvalue weighted by Gasteiger charge is 2.19. The van der Waals surface area contributed by atoms with Crippen molar-refractivity contribution >= 4 is 23.7 Å². The molecular formula is C9H12N6O5. The SMILES string of the molecule is NC(=O)CN(CC(N)=O)C(=O)Cn1cc(C(=O)O)nn1. The lowest BCUT2D eigenvalue weighted by molar-refractivity contribution is -0.138. The van der Waals surface area contributed by atoms with E-state index in [2.05, 4.69) is 10.3 Å². The van der Waals surface area contributed by atoms with Gasteiger partial charge in [0.1, 0.15) is 6.54 Å². The molecule has 1 heterocycles. The van der Waals surface area contributed by atoms with Gasteiger partial charge in [0.15, 0.2) is 5.69 Å². The third kappa shape index (κ3) is 4.36. The molecule has 0 saturated carbocycles. The van der Waals surface area contributed by atoms with Crippen molar-refractivity contribution < 1.29 is 24.3 Å². The number of hydrogen-bond acceptors (Lipinski definition) is 6. The van der Waals surface area contributed by atoms with Crippen LogP contribution in [0, 0.1) is 0 Å².